The summed E-state index contributed by atoms with van der Waals surface area (Å²) in [4.78, 5) is 0. The van der Waals surface area contributed by atoms with Crippen molar-refractivity contribution in [1.29, 1.82) is 0 Å². The minimum atomic E-state index is 0.309. The van der Waals surface area contributed by atoms with Gasteiger partial charge in [-0.15, -0.1) is 0 Å². The molecule has 1 atom stereocenters. The maximum atomic E-state index is 4.47. The molecular formula is C17H23N3. The second-order valence-electron chi connectivity index (χ2n) is 5.15. The van der Waals surface area contributed by atoms with Gasteiger partial charge in [-0.05, 0) is 26.3 Å². The lowest BCUT2D eigenvalue weighted by Gasteiger charge is -2.13. The van der Waals surface area contributed by atoms with Gasteiger partial charge in [0.15, 0.2) is 0 Å². The molecule has 0 aliphatic heterocycles. The van der Waals surface area contributed by atoms with E-state index in [1.165, 1.54) is 16.8 Å². The molecule has 3 heteroatoms. The molecule has 3 nitrogen and oxygen atoms in total. The highest BCUT2D eigenvalue weighted by Crippen LogP contribution is 2.20. The van der Waals surface area contributed by atoms with Crippen molar-refractivity contribution < 1.29 is 0 Å². The van der Waals surface area contributed by atoms with Gasteiger partial charge in [0, 0.05) is 30.9 Å². The highest BCUT2D eigenvalue weighted by Gasteiger charge is 2.14. The van der Waals surface area contributed by atoms with Crippen molar-refractivity contribution in [2.45, 2.75) is 26.8 Å². The van der Waals surface area contributed by atoms with Crippen LogP contribution in [0.1, 0.15) is 35.5 Å². The second kappa shape index (κ2) is 6.53. The van der Waals surface area contributed by atoms with Crippen molar-refractivity contribution >= 4 is 6.08 Å². The monoisotopic (exact) mass is 269 g/mol. The fourth-order valence-electron chi connectivity index (χ4n) is 2.52. The lowest BCUT2D eigenvalue weighted by molar-refractivity contribution is 0.610. The minimum Gasteiger partial charge on any atom is -0.307 e. The van der Waals surface area contributed by atoms with Crippen LogP contribution in [-0.2, 0) is 7.05 Å². The first-order chi connectivity index (χ1) is 9.59. The molecule has 1 aromatic heterocycles. The number of rotatable bonds is 5. The summed E-state index contributed by atoms with van der Waals surface area (Å²) < 4.78 is 1.95. The Balaban J connectivity index is 1.92. The Morgan fingerprint density at radius 2 is 1.95 bits per heavy atom. The van der Waals surface area contributed by atoms with Crippen molar-refractivity contribution in [1.82, 2.24) is 15.1 Å². The summed E-state index contributed by atoms with van der Waals surface area (Å²) in [5.74, 6) is 0. The number of benzene rings is 1. The van der Waals surface area contributed by atoms with Crippen molar-refractivity contribution in [3.05, 3.63) is 58.9 Å². The van der Waals surface area contributed by atoms with E-state index in [0.29, 0.717) is 6.04 Å². The number of aryl methyl sites for hydroxylation is 2. The Bertz CT molecular complexity index is 582. The van der Waals surface area contributed by atoms with E-state index in [0.717, 1.165) is 12.2 Å². The number of nitrogens with zero attached hydrogens (tertiary/aromatic N) is 2. The molecule has 2 aromatic rings. The first-order valence-electron chi connectivity index (χ1n) is 7.04. The quantitative estimate of drug-likeness (QED) is 0.901. The van der Waals surface area contributed by atoms with Gasteiger partial charge in [-0.25, -0.2) is 0 Å². The molecule has 0 saturated heterocycles. The van der Waals surface area contributed by atoms with E-state index in [-0.39, 0.29) is 0 Å². The largest absolute Gasteiger partial charge is 0.307 e. The minimum absolute atomic E-state index is 0.309. The fourth-order valence-corrected chi connectivity index (χ4v) is 2.52. The zero-order chi connectivity index (χ0) is 14.5. The molecule has 2 rings (SSSR count). The second-order valence-corrected chi connectivity index (χ2v) is 5.15. The van der Waals surface area contributed by atoms with Gasteiger partial charge in [-0.2, -0.15) is 5.10 Å². The maximum absolute atomic E-state index is 4.47. The smallest absolute Gasteiger partial charge is 0.0644 e. The predicted octanol–water partition coefficient (Wildman–Crippen LogP) is 3.40. The summed E-state index contributed by atoms with van der Waals surface area (Å²) in [7, 11) is 1.99. The van der Waals surface area contributed by atoms with E-state index in [4.69, 9.17) is 0 Å². The summed E-state index contributed by atoms with van der Waals surface area (Å²) in [6, 6.07) is 10.7. The maximum Gasteiger partial charge on any atom is 0.0644 e. The third kappa shape index (κ3) is 3.36. The van der Waals surface area contributed by atoms with Crippen molar-refractivity contribution in [3.8, 4) is 0 Å². The number of aromatic nitrogens is 2. The average Bonchev–Trinajstić information content (AvgIpc) is 2.69. The van der Waals surface area contributed by atoms with Crippen LogP contribution >= 0.6 is 0 Å². The van der Waals surface area contributed by atoms with Gasteiger partial charge in [0.05, 0.1) is 5.69 Å². The average molecular weight is 269 g/mol. The summed E-state index contributed by atoms with van der Waals surface area (Å²) in [5.41, 5.74) is 4.88. The standard InChI is InChI=1S/C17H23N3/c1-13(17-14(2)19-20(4)15(17)3)18-12-8-11-16-9-6-5-7-10-16/h5-11,13,18H,12H2,1-4H3/b11-8+. The Labute approximate surface area is 121 Å². The van der Waals surface area contributed by atoms with Gasteiger partial charge in [-0.3, -0.25) is 4.68 Å². The summed E-state index contributed by atoms with van der Waals surface area (Å²) in [6.07, 6.45) is 4.30. The van der Waals surface area contributed by atoms with Gasteiger partial charge in [0.1, 0.15) is 0 Å². The zero-order valence-electron chi connectivity index (χ0n) is 12.7. The highest BCUT2D eigenvalue weighted by atomic mass is 15.3. The van der Waals surface area contributed by atoms with Crippen LogP contribution in [0.25, 0.3) is 6.08 Å². The van der Waals surface area contributed by atoms with E-state index < -0.39 is 0 Å². The molecule has 0 saturated carbocycles. The molecule has 1 aromatic carbocycles. The fraction of sp³-hybridized carbons (Fsp3) is 0.353. The lowest BCUT2D eigenvalue weighted by atomic mass is 10.1. The number of nitrogens with one attached hydrogen (secondary N) is 1. The molecule has 0 aliphatic rings. The molecule has 0 aliphatic carbocycles. The van der Waals surface area contributed by atoms with Crippen LogP contribution in [0, 0.1) is 13.8 Å². The molecule has 0 radical (unpaired) electrons. The molecule has 1 unspecified atom stereocenters. The summed E-state index contributed by atoms with van der Waals surface area (Å²) >= 11 is 0. The number of hydrogen-bond acceptors (Lipinski definition) is 2. The Morgan fingerprint density at radius 3 is 2.55 bits per heavy atom. The molecule has 106 valence electrons. The van der Waals surface area contributed by atoms with Crippen LogP contribution in [0.4, 0.5) is 0 Å². The molecular weight excluding hydrogens is 246 g/mol. The Morgan fingerprint density at radius 1 is 1.25 bits per heavy atom. The number of hydrogen-bond donors (Lipinski definition) is 1. The third-order valence-corrected chi connectivity index (χ3v) is 3.65. The topological polar surface area (TPSA) is 29.9 Å². The molecule has 0 amide bonds. The molecule has 0 fully saturated rings. The van der Waals surface area contributed by atoms with Gasteiger partial charge < -0.3 is 5.32 Å². The first kappa shape index (κ1) is 14.5. The van der Waals surface area contributed by atoms with Crippen LogP contribution < -0.4 is 5.32 Å². The van der Waals surface area contributed by atoms with E-state index in [1.807, 2.05) is 17.8 Å². The molecule has 20 heavy (non-hydrogen) atoms. The van der Waals surface area contributed by atoms with Crippen LogP contribution in [0.5, 0.6) is 0 Å². The Hall–Kier alpha value is -1.87. The van der Waals surface area contributed by atoms with E-state index in [1.54, 1.807) is 0 Å². The SMILES string of the molecule is Cc1nn(C)c(C)c1C(C)NC/C=C/c1ccccc1. The molecule has 0 bridgehead atoms. The first-order valence-corrected chi connectivity index (χ1v) is 7.04. The van der Waals surface area contributed by atoms with Crippen LogP contribution in [0.15, 0.2) is 36.4 Å². The third-order valence-electron chi connectivity index (χ3n) is 3.65. The zero-order valence-corrected chi connectivity index (χ0v) is 12.7. The molecule has 1 N–H and O–H groups in total. The van der Waals surface area contributed by atoms with Crippen LogP contribution in [0.2, 0.25) is 0 Å². The van der Waals surface area contributed by atoms with Gasteiger partial charge in [-0.1, -0.05) is 42.5 Å². The molecule has 0 spiro atoms. The Kier molecular flexibility index (Phi) is 4.74. The van der Waals surface area contributed by atoms with E-state index >= 15 is 0 Å². The van der Waals surface area contributed by atoms with Crippen LogP contribution in [-0.4, -0.2) is 16.3 Å². The predicted molar refractivity (Wildman–Crippen MR) is 84.6 cm³/mol. The molecule has 1 heterocycles. The van der Waals surface area contributed by atoms with Crippen molar-refractivity contribution in [2.75, 3.05) is 6.54 Å². The van der Waals surface area contributed by atoms with Gasteiger partial charge >= 0.3 is 0 Å². The normalized spacial score (nSPS) is 13.0. The van der Waals surface area contributed by atoms with Gasteiger partial charge in [0.25, 0.3) is 0 Å². The lowest BCUT2D eigenvalue weighted by Crippen LogP contribution is -2.19. The van der Waals surface area contributed by atoms with E-state index in [9.17, 15) is 0 Å². The van der Waals surface area contributed by atoms with Crippen molar-refractivity contribution in [2.24, 2.45) is 7.05 Å². The highest BCUT2D eigenvalue weighted by molar-refractivity contribution is 5.48. The summed E-state index contributed by atoms with van der Waals surface area (Å²) in [6.45, 7) is 7.23. The van der Waals surface area contributed by atoms with Crippen LogP contribution in [0.3, 0.4) is 0 Å². The van der Waals surface area contributed by atoms with Crippen molar-refractivity contribution in [3.63, 3.8) is 0 Å². The summed E-state index contributed by atoms with van der Waals surface area (Å²) in [5, 5.41) is 7.99. The van der Waals surface area contributed by atoms with Gasteiger partial charge in [0.2, 0.25) is 0 Å². The van der Waals surface area contributed by atoms with E-state index in [2.05, 4.69) is 67.6 Å².